The number of hydrogen-bond acceptors (Lipinski definition) is 1. The molecule has 0 spiro atoms. The first kappa shape index (κ1) is 10.1. The zero-order valence-corrected chi connectivity index (χ0v) is 9.29. The number of rotatable bonds is 3. The van der Waals surface area contributed by atoms with E-state index in [0.717, 1.165) is 12.1 Å². The van der Waals surface area contributed by atoms with Crippen molar-refractivity contribution in [1.82, 2.24) is 0 Å². The van der Waals surface area contributed by atoms with Gasteiger partial charge >= 0.3 is 0 Å². The molecule has 1 aromatic carbocycles. The van der Waals surface area contributed by atoms with Gasteiger partial charge in [0.1, 0.15) is 0 Å². The van der Waals surface area contributed by atoms with Crippen LogP contribution in [0.5, 0.6) is 0 Å². The second-order valence-corrected chi connectivity index (χ2v) is 6.47. The molecule has 76 valence electrons. The second-order valence-electron chi connectivity index (χ2n) is 3.84. The molecule has 0 radical (unpaired) electrons. The maximum atomic E-state index is 9.00. The van der Waals surface area contributed by atoms with E-state index in [1.54, 1.807) is 0 Å². The first-order valence-electron chi connectivity index (χ1n) is 5.34. The molecule has 14 heavy (non-hydrogen) atoms. The first-order chi connectivity index (χ1) is 6.92. The third-order valence-corrected chi connectivity index (χ3v) is 6.08. The van der Waals surface area contributed by atoms with Crippen molar-refractivity contribution in [3.8, 4) is 0 Å². The molecule has 0 aromatic heterocycles. The fourth-order valence-corrected chi connectivity index (χ4v) is 5.29. The molecule has 2 atom stereocenters. The van der Waals surface area contributed by atoms with Gasteiger partial charge in [0.25, 0.3) is 0 Å². The van der Waals surface area contributed by atoms with Gasteiger partial charge in [-0.25, -0.2) is 0 Å². The molecule has 2 rings (SSSR count). The van der Waals surface area contributed by atoms with Crippen LogP contribution in [-0.2, 0) is 0 Å². The second kappa shape index (κ2) is 4.91. The minimum absolute atomic E-state index is 0.0305. The topological polar surface area (TPSA) is 20.2 Å². The summed E-state index contributed by atoms with van der Waals surface area (Å²) >= 11 is 0. The largest absolute Gasteiger partial charge is 0.396 e. The van der Waals surface area contributed by atoms with Crippen molar-refractivity contribution in [1.29, 1.82) is 0 Å². The zero-order valence-electron chi connectivity index (χ0n) is 8.39. The standard InChI is InChI=1S/C12H17OP/c13-9-8-12-7-4-10-14(12)11-5-2-1-3-6-11/h1-3,5-6,12-13H,4,7-10H2/t12-,14-/m0/s1. The molecule has 1 N–H and O–H groups in total. The van der Waals surface area contributed by atoms with Gasteiger partial charge in [-0.3, -0.25) is 0 Å². The highest BCUT2D eigenvalue weighted by Crippen LogP contribution is 2.50. The molecule has 1 aliphatic heterocycles. The van der Waals surface area contributed by atoms with E-state index in [-0.39, 0.29) is 7.92 Å². The van der Waals surface area contributed by atoms with Crippen molar-refractivity contribution >= 4 is 13.2 Å². The Morgan fingerprint density at radius 1 is 1.29 bits per heavy atom. The lowest BCUT2D eigenvalue weighted by molar-refractivity contribution is 0.286. The Kier molecular flexibility index (Phi) is 3.55. The molecule has 1 heterocycles. The normalized spacial score (nSPS) is 26.6. The summed E-state index contributed by atoms with van der Waals surface area (Å²) in [6.45, 7) is 0.357. The highest BCUT2D eigenvalue weighted by Gasteiger charge is 2.26. The van der Waals surface area contributed by atoms with Crippen LogP contribution in [0, 0.1) is 0 Å². The number of hydrogen-bond donors (Lipinski definition) is 1. The van der Waals surface area contributed by atoms with Crippen LogP contribution in [-0.4, -0.2) is 23.5 Å². The Hall–Kier alpha value is -0.390. The summed E-state index contributed by atoms with van der Waals surface area (Å²) in [4.78, 5) is 0. The summed E-state index contributed by atoms with van der Waals surface area (Å²) in [5.74, 6) is 0. The van der Waals surface area contributed by atoms with Crippen LogP contribution in [0.1, 0.15) is 19.3 Å². The van der Waals surface area contributed by atoms with E-state index in [4.69, 9.17) is 5.11 Å². The minimum Gasteiger partial charge on any atom is -0.396 e. The number of aliphatic hydroxyl groups is 1. The van der Waals surface area contributed by atoms with E-state index >= 15 is 0 Å². The van der Waals surface area contributed by atoms with Gasteiger partial charge in [-0.15, -0.1) is 0 Å². The van der Waals surface area contributed by atoms with E-state index in [0.29, 0.717) is 6.61 Å². The molecule has 0 amide bonds. The minimum atomic E-state index is 0.0305. The van der Waals surface area contributed by atoms with Gasteiger partial charge in [-0.2, -0.15) is 0 Å². The lowest BCUT2D eigenvalue weighted by Gasteiger charge is -2.19. The lowest BCUT2D eigenvalue weighted by Crippen LogP contribution is -2.10. The van der Waals surface area contributed by atoms with E-state index in [1.165, 1.54) is 24.3 Å². The van der Waals surface area contributed by atoms with Gasteiger partial charge in [-0.1, -0.05) is 38.3 Å². The van der Waals surface area contributed by atoms with Crippen molar-refractivity contribution in [3.05, 3.63) is 30.3 Å². The van der Waals surface area contributed by atoms with Gasteiger partial charge < -0.3 is 5.11 Å². The Labute approximate surface area is 86.9 Å². The Morgan fingerprint density at radius 2 is 2.07 bits per heavy atom. The van der Waals surface area contributed by atoms with Crippen LogP contribution in [0.2, 0.25) is 0 Å². The molecule has 0 bridgehead atoms. The van der Waals surface area contributed by atoms with Crippen molar-refractivity contribution in [2.45, 2.75) is 24.9 Å². The molecule has 1 aromatic rings. The Morgan fingerprint density at radius 3 is 2.79 bits per heavy atom. The van der Waals surface area contributed by atoms with Gasteiger partial charge in [0.05, 0.1) is 0 Å². The summed E-state index contributed by atoms with van der Waals surface area (Å²) < 4.78 is 0. The van der Waals surface area contributed by atoms with E-state index in [1.807, 2.05) is 0 Å². The SMILES string of the molecule is OCC[C@@H]1CCC[P@@]1c1ccccc1. The summed E-state index contributed by atoms with van der Waals surface area (Å²) in [7, 11) is 0.0305. The van der Waals surface area contributed by atoms with Gasteiger partial charge in [-0.05, 0) is 36.4 Å². The maximum Gasteiger partial charge on any atom is 0.0437 e. The van der Waals surface area contributed by atoms with Crippen LogP contribution in [0.15, 0.2) is 30.3 Å². The average Bonchev–Trinajstić information content (AvgIpc) is 2.68. The monoisotopic (exact) mass is 208 g/mol. The Bertz CT molecular complexity index is 273. The lowest BCUT2D eigenvalue weighted by atomic mass is 10.2. The quantitative estimate of drug-likeness (QED) is 0.756. The van der Waals surface area contributed by atoms with Gasteiger partial charge in [0, 0.05) is 6.61 Å². The molecule has 0 aliphatic carbocycles. The molecule has 1 aliphatic rings. The smallest absolute Gasteiger partial charge is 0.0437 e. The summed E-state index contributed by atoms with van der Waals surface area (Å²) in [6, 6.07) is 10.8. The maximum absolute atomic E-state index is 9.00. The predicted octanol–water partition coefficient (Wildman–Crippen LogP) is 2.34. The molecular weight excluding hydrogens is 191 g/mol. The van der Waals surface area contributed by atoms with Crippen LogP contribution >= 0.6 is 7.92 Å². The van der Waals surface area contributed by atoms with E-state index in [9.17, 15) is 0 Å². The third kappa shape index (κ3) is 2.16. The van der Waals surface area contributed by atoms with Crippen LogP contribution < -0.4 is 5.30 Å². The predicted molar refractivity (Wildman–Crippen MR) is 62.6 cm³/mol. The van der Waals surface area contributed by atoms with Gasteiger partial charge in [0.2, 0.25) is 0 Å². The number of benzene rings is 1. The van der Waals surface area contributed by atoms with Crippen molar-refractivity contribution in [3.63, 3.8) is 0 Å². The highest BCUT2D eigenvalue weighted by molar-refractivity contribution is 7.66. The van der Waals surface area contributed by atoms with Crippen molar-refractivity contribution < 1.29 is 5.11 Å². The molecule has 1 nitrogen and oxygen atoms in total. The molecule has 1 fully saturated rings. The molecule has 1 saturated heterocycles. The highest BCUT2D eigenvalue weighted by atomic mass is 31.1. The van der Waals surface area contributed by atoms with Crippen LogP contribution in [0.3, 0.4) is 0 Å². The number of aliphatic hydroxyl groups excluding tert-OH is 1. The van der Waals surface area contributed by atoms with Gasteiger partial charge in [0.15, 0.2) is 0 Å². The average molecular weight is 208 g/mol. The Balaban J connectivity index is 2.10. The van der Waals surface area contributed by atoms with E-state index in [2.05, 4.69) is 30.3 Å². The molecular formula is C12H17OP. The van der Waals surface area contributed by atoms with Crippen molar-refractivity contribution in [2.75, 3.05) is 12.8 Å². The summed E-state index contributed by atoms with van der Waals surface area (Å²) in [5, 5.41) is 10.5. The summed E-state index contributed by atoms with van der Waals surface area (Å²) in [6.07, 6.45) is 5.04. The van der Waals surface area contributed by atoms with Crippen molar-refractivity contribution in [2.24, 2.45) is 0 Å². The van der Waals surface area contributed by atoms with Crippen LogP contribution in [0.4, 0.5) is 0 Å². The van der Waals surface area contributed by atoms with E-state index < -0.39 is 0 Å². The fourth-order valence-electron chi connectivity index (χ4n) is 2.24. The third-order valence-electron chi connectivity index (χ3n) is 2.93. The molecule has 0 saturated carbocycles. The molecule has 2 heteroatoms. The summed E-state index contributed by atoms with van der Waals surface area (Å²) in [5.41, 5.74) is 0.775. The fraction of sp³-hybridized carbons (Fsp3) is 0.500. The van der Waals surface area contributed by atoms with Crippen LogP contribution in [0.25, 0.3) is 0 Å². The zero-order chi connectivity index (χ0) is 9.80. The first-order valence-corrected chi connectivity index (χ1v) is 6.94. The molecule has 0 unspecified atom stereocenters.